The topological polar surface area (TPSA) is 46.6 Å². The number of nitrogens with zero attached hydrogens (tertiary/aromatic N) is 1. The van der Waals surface area contributed by atoms with E-state index in [4.69, 9.17) is 4.74 Å². The predicted octanol–water partition coefficient (Wildman–Crippen LogP) is 2.40. The Bertz CT molecular complexity index is 604. The molecule has 4 atom stereocenters. The van der Waals surface area contributed by atoms with Gasteiger partial charge in [0.15, 0.2) is 0 Å². The summed E-state index contributed by atoms with van der Waals surface area (Å²) in [5.41, 5.74) is 0.655. The number of amides is 2. The van der Waals surface area contributed by atoms with Crippen molar-refractivity contribution in [1.82, 2.24) is 0 Å². The van der Waals surface area contributed by atoms with Crippen molar-refractivity contribution in [2.24, 2.45) is 23.7 Å². The molecule has 108 valence electrons. The molecule has 4 rings (SSSR count). The number of fused-ring (bicyclic) bond motifs is 5. The maximum atomic E-state index is 12.6. The Balaban J connectivity index is 1.64. The Hall–Kier alpha value is -2.10. The average molecular weight is 283 g/mol. The summed E-state index contributed by atoms with van der Waals surface area (Å²) in [6.07, 6.45) is 5.18. The highest BCUT2D eigenvalue weighted by Gasteiger charge is 2.59. The Morgan fingerprint density at radius 3 is 2.14 bits per heavy atom. The summed E-state index contributed by atoms with van der Waals surface area (Å²) in [5.74, 6) is 0.908. The molecule has 0 radical (unpaired) electrons. The number of rotatable bonds is 3. The first-order valence-electron chi connectivity index (χ1n) is 7.49. The van der Waals surface area contributed by atoms with Gasteiger partial charge in [-0.05, 0) is 49.4 Å². The van der Waals surface area contributed by atoms with Gasteiger partial charge in [0.05, 0.1) is 24.1 Å². The van der Waals surface area contributed by atoms with Crippen LogP contribution in [0.3, 0.4) is 0 Å². The molecule has 1 saturated carbocycles. The average Bonchev–Trinajstić information content (AvgIpc) is 3.15. The Kier molecular flexibility index (Phi) is 2.67. The number of benzene rings is 1. The minimum Gasteiger partial charge on any atom is -0.494 e. The van der Waals surface area contributed by atoms with Crippen molar-refractivity contribution in [3.8, 4) is 5.75 Å². The summed E-state index contributed by atoms with van der Waals surface area (Å²) in [4.78, 5) is 26.6. The van der Waals surface area contributed by atoms with Crippen LogP contribution in [0.5, 0.6) is 5.75 Å². The van der Waals surface area contributed by atoms with Gasteiger partial charge in [-0.3, -0.25) is 14.5 Å². The van der Waals surface area contributed by atoms with E-state index in [0.717, 1.165) is 12.2 Å². The molecule has 3 aliphatic rings. The van der Waals surface area contributed by atoms with Gasteiger partial charge in [0.2, 0.25) is 11.8 Å². The van der Waals surface area contributed by atoms with Crippen LogP contribution >= 0.6 is 0 Å². The van der Waals surface area contributed by atoms with Crippen LogP contribution in [0.15, 0.2) is 36.4 Å². The molecule has 4 nitrogen and oxygen atoms in total. The summed E-state index contributed by atoms with van der Waals surface area (Å²) in [7, 11) is 0. The van der Waals surface area contributed by atoms with Crippen LogP contribution in [0.25, 0.3) is 0 Å². The molecule has 1 heterocycles. The van der Waals surface area contributed by atoms with E-state index in [0.29, 0.717) is 12.3 Å². The van der Waals surface area contributed by atoms with Crippen LogP contribution < -0.4 is 9.64 Å². The van der Waals surface area contributed by atoms with Crippen molar-refractivity contribution < 1.29 is 14.3 Å². The smallest absolute Gasteiger partial charge is 0.238 e. The van der Waals surface area contributed by atoms with Crippen molar-refractivity contribution in [3.05, 3.63) is 36.4 Å². The molecule has 1 aromatic rings. The molecular weight excluding hydrogens is 266 g/mol. The number of allylic oxidation sites excluding steroid dienone is 2. The zero-order valence-corrected chi connectivity index (χ0v) is 11.9. The first kappa shape index (κ1) is 12.6. The number of hydrogen-bond donors (Lipinski definition) is 0. The van der Waals surface area contributed by atoms with E-state index >= 15 is 0 Å². The minimum atomic E-state index is -0.140. The summed E-state index contributed by atoms with van der Waals surface area (Å²) in [5, 5.41) is 0. The van der Waals surface area contributed by atoms with Crippen LogP contribution in [-0.2, 0) is 9.59 Å². The molecule has 2 unspecified atom stereocenters. The van der Waals surface area contributed by atoms with Gasteiger partial charge in [-0.25, -0.2) is 0 Å². The van der Waals surface area contributed by atoms with E-state index in [9.17, 15) is 9.59 Å². The summed E-state index contributed by atoms with van der Waals surface area (Å²) >= 11 is 0. The molecule has 0 spiro atoms. The largest absolute Gasteiger partial charge is 0.494 e. The maximum Gasteiger partial charge on any atom is 0.238 e. The number of ether oxygens (including phenoxy) is 1. The zero-order chi connectivity index (χ0) is 14.6. The van der Waals surface area contributed by atoms with Gasteiger partial charge in [0.1, 0.15) is 5.75 Å². The second kappa shape index (κ2) is 4.45. The van der Waals surface area contributed by atoms with Crippen molar-refractivity contribution in [2.75, 3.05) is 11.5 Å². The normalized spacial score (nSPS) is 32.9. The zero-order valence-electron chi connectivity index (χ0n) is 11.9. The number of hydrogen-bond acceptors (Lipinski definition) is 3. The Labute approximate surface area is 123 Å². The molecule has 2 aliphatic carbocycles. The second-order valence-corrected chi connectivity index (χ2v) is 5.94. The van der Waals surface area contributed by atoms with Crippen LogP contribution in [0, 0.1) is 23.7 Å². The standard InChI is InChI=1S/C17H17NO3/c1-2-21-13-7-5-12(6-8-13)18-16(19)14-10-3-4-11(9-10)15(14)17(18)20/h3-8,10-11,14-15H,2,9H2,1H3/t10-,11+,14?,15?. The highest BCUT2D eigenvalue weighted by molar-refractivity contribution is 6.22. The van der Waals surface area contributed by atoms with E-state index in [1.54, 1.807) is 24.3 Å². The molecule has 4 heteroatoms. The van der Waals surface area contributed by atoms with E-state index in [2.05, 4.69) is 12.2 Å². The molecule has 21 heavy (non-hydrogen) atoms. The lowest BCUT2D eigenvalue weighted by Gasteiger charge is -2.17. The molecule has 1 saturated heterocycles. The number of anilines is 1. The molecule has 0 N–H and O–H groups in total. The maximum absolute atomic E-state index is 12.6. The summed E-state index contributed by atoms with van der Waals surface area (Å²) < 4.78 is 5.40. The van der Waals surface area contributed by atoms with Gasteiger partial charge in [-0.2, -0.15) is 0 Å². The third-order valence-corrected chi connectivity index (χ3v) is 4.88. The van der Waals surface area contributed by atoms with Gasteiger partial charge < -0.3 is 4.74 Å². The summed E-state index contributed by atoms with van der Waals surface area (Å²) in [6, 6.07) is 7.19. The third kappa shape index (κ3) is 1.68. The van der Waals surface area contributed by atoms with E-state index in [1.807, 2.05) is 6.92 Å². The lowest BCUT2D eigenvalue weighted by molar-refractivity contribution is -0.123. The Morgan fingerprint density at radius 1 is 1.05 bits per heavy atom. The fraction of sp³-hybridized carbons (Fsp3) is 0.412. The monoisotopic (exact) mass is 283 g/mol. The molecule has 2 fully saturated rings. The highest BCUT2D eigenvalue weighted by Crippen LogP contribution is 2.53. The van der Waals surface area contributed by atoms with Gasteiger partial charge in [0.25, 0.3) is 0 Å². The van der Waals surface area contributed by atoms with E-state index in [-0.39, 0.29) is 35.5 Å². The van der Waals surface area contributed by atoms with Gasteiger partial charge in [-0.15, -0.1) is 0 Å². The highest BCUT2D eigenvalue weighted by atomic mass is 16.5. The lowest BCUT2D eigenvalue weighted by atomic mass is 9.85. The molecule has 0 aromatic heterocycles. The quantitative estimate of drug-likeness (QED) is 0.632. The van der Waals surface area contributed by atoms with E-state index in [1.165, 1.54) is 4.90 Å². The fourth-order valence-electron chi connectivity index (χ4n) is 4.01. The number of imide groups is 1. The van der Waals surface area contributed by atoms with Gasteiger partial charge in [-0.1, -0.05) is 12.2 Å². The van der Waals surface area contributed by atoms with Crippen LogP contribution in [-0.4, -0.2) is 18.4 Å². The van der Waals surface area contributed by atoms with E-state index < -0.39 is 0 Å². The molecule has 2 amide bonds. The molecular formula is C17H17NO3. The second-order valence-electron chi connectivity index (χ2n) is 5.94. The number of carbonyl (C=O) groups is 2. The van der Waals surface area contributed by atoms with Crippen LogP contribution in [0.4, 0.5) is 5.69 Å². The van der Waals surface area contributed by atoms with Crippen molar-refractivity contribution >= 4 is 17.5 Å². The SMILES string of the molecule is CCOc1ccc(N2C(=O)C3C(C2=O)[C@H]2C=C[C@@H]3C2)cc1. The van der Waals surface area contributed by atoms with Crippen molar-refractivity contribution in [2.45, 2.75) is 13.3 Å². The lowest BCUT2D eigenvalue weighted by Crippen LogP contribution is -2.32. The first-order valence-corrected chi connectivity index (χ1v) is 7.49. The van der Waals surface area contributed by atoms with Gasteiger partial charge >= 0.3 is 0 Å². The molecule has 1 aliphatic heterocycles. The number of carbonyl (C=O) groups excluding carboxylic acids is 2. The minimum absolute atomic E-state index is 0.0361. The first-order chi connectivity index (χ1) is 10.2. The van der Waals surface area contributed by atoms with Crippen molar-refractivity contribution in [3.63, 3.8) is 0 Å². The fourth-order valence-corrected chi connectivity index (χ4v) is 4.01. The van der Waals surface area contributed by atoms with Crippen LogP contribution in [0.2, 0.25) is 0 Å². The summed E-state index contributed by atoms with van der Waals surface area (Å²) in [6.45, 7) is 2.52. The molecule has 1 aromatic carbocycles. The third-order valence-electron chi connectivity index (χ3n) is 4.88. The molecule has 2 bridgehead atoms. The van der Waals surface area contributed by atoms with Crippen LogP contribution in [0.1, 0.15) is 13.3 Å². The predicted molar refractivity (Wildman–Crippen MR) is 77.8 cm³/mol. The van der Waals surface area contributed by atoms with Gasteiger partial charge in [0, 0.05) is 0 Å². The Morgan fingerprint density at radius 2 is 1.62 bits per heavy atom. The van der Waals surface area contributed by atoms with Crippen molar-refractivity contribution in [1.29, 1.82) is 0 Å².